The third-order valence-electron chi connectivity index (χ3n) is 3.53. The molecule has 1 aromatic heterocycles. The van der Waals surface area contributed by atoms with Crippen molar-refractivity contribution in [1.29, 1.82) is 0 Å². The van der Waals surface area contributed by atoms with Gasteiger partial charge in [-0.1, -0.05) is 11.6 Å². The van der Waals surface area contributed by atoms with Crippen LogP contribution in [0.5, 0.6) is 0 Å². The number of carbonyl (C=O) groups excluding carboxylic acids is 1. The summed E-state index contributed by atoms with van der Waals surface area (Å²) in [6.07, 6.45) is 6.13. The van der Waals surface area contributed by atoms with E-state index in [1.54, 1.807) is 18.2 Å². The van der Waals surface area contributed by atoms with E-state index in [9.17, 15) is 4.79 Å². The second-order valence-corrected chi connectivity index (χ2v) is 5.47. The number of halogens is 1. The van der Waals surface area contributed by atoms with Crippen LogP contribution in [0.1, 0.15) is 34.9 Å². The molecule has 1 aliphatic carbocycles. The number of nitrogens with zero attached hydrogens (tertiary/aromatic N) is 2. The zero-order chi connectivity index (χ0) is 14.8. The lowest BCUT2D eigenvalue weighted by Crippen LogP contribution is -2.07. The molecule has 110 valence electrons. The van der Waals surface area contributed by atoms with Gasteiger partial charge in [-0.05, 0) is 31.0 Å². The summed E-state index contributed by atoms with van der Waals surface area (Å²) in [6.45, 7) is 0.612. The maximum Gasteiger partial charge on any atom is 0.337 e. The van der Waals surface area contributed by atoms with Gasteiger partial charge in [-0.2, -0.15) is 0 Å². The van der Waals surface area contributed by atoms with Crippen LogP contribution in [0.3, 0.4) is 0 Å². The number of methoxy groups -OCH3 is 1. The highest BCUT2D eigenvalue weighted by Gasteiger charge is 2.25. The highest BCUT2D eigenvalue weighted by atomic mass is 35.5. The van der Waals surface area contributed by atoms with Gasteiger partial charge in [-0.15, -0.1) is 0 Å². The minimum atomic E-state index is -0.377. The minimum absolute atomic E-state index is 0.377. The van der Waals surface area contributed by atoms with Gasteiger partial charge in [0.15, 0.2) is 0 Å². The predicted molar refractivity (Wildman–Crippen MR) is 80.6 cm³/mol. The molecule has 0 atom stereocenters. The van der Waals surface area contributed by atoms with E-state index in [2.05, 4.69) is 14.9 Å². The van der Waals surface area contributed by atoms with Crippen LogP contribution in [-0.4, -0.2) is 22.6 Å². The van der Waals surface area contributed by atoms with Gasteiger partial charge in [-0.3, -0.25) is 0 Å². The molecule has 5 nitrogen and oxygen atoms in total. The van der Waals surface area contributed by atoms with Crippen LogP contribution in [0.2, 0.25) is 5.02 Å². The molecule has 2 aromatic rings. The van der Waals surface area contributed by atoms with Gasteiger partial charge < -0.3 is 14.6 Å². The Balaban J connectivity index is 1.75. The van der Waals surface area contributed by atoms with Crippen LogP contribution in [0.25, 0.3) is 0 Å². The number of esters is 1. The number of carbonyl (C=O) groups is 1. The zero-order valence-electron chi connectivity index (χ0n) is 11.7. The number of imidazole rings is 1. The molecule has 0 unspecified atom stereocenters. The molecular weight excluding hydrogens is 290 g/mol. The number of rotatable bonds is 5. The number of ether oxygens (including phenoxy) is 1. The topological polar surface area (TPSA) is 56.1 Å². The van der Waals surface area contributed by atoms with E-state index in [1.165, 1.54) is 20.0 Å². The van der Waals surface area contributed by atoms with Crippen molar-refractivity contribution >= 4 is 23.3 Å². The van der Waals surface area contributed by atoms with Gasteiger partial charge >= 0.3 is 5.97 Å². The van der Waals surface area contributed by atoms with Crippen molar-refractivity contribution in [2.45, 2.75) is 25.4 Å². The summed E-state index contributed by atoms with van der Waals surface area (Å²) in [5.74, 6) is -0.377. The van der Waals surface area contributed by atoms with E-state index in [0.29, 0.717) is 28.9 Å². The van der Waals surface area contributed by atoms with Crippen molar-refractivity contribution in [1.82, 2.24) is 9.55 Å². The summed E-state index contributed by atoms with van der Waals surface area (Å²) in [6, 6.07) is 5.62. The lowest BCUT2D eigenvalue weighted by Gasteiger charge is -2.11. The van der Waals surface area contributed by atoms with Crippen molar-refractivity contribution in [3.05, 3.63) is 47.0 Å². The molecule has 0 aliphatic heterocycles. The lowest BCUT2D eigenvalue weighted by atomic mass is 10.2. The monoisotopic (exact) mass is 305 g/mol. The Morgan fingerprint density at radius 1 is 1.52 bits per heavy atom. The third kappa shape index (κ3) is 3.03. The SMILES string of the molecule is COC(=O)c1ccc(Cl)c(NCc2cncn2C2CC2)c1. The van der Waals surface area contributed by atoms with Gasteiger partial charge in [0.2, 0.25) is 0 Å². The van der Waals surface area contributed by atoms with Gasteiger partial charge in [-0.25, -0.2) is 9.78 Å². The molecule has 1 heterocycles. The van der Waals surface area contributed by atoms with E-state index < -0.39 is 0 Å². The van der Waals surface area contributed by atoms with Crippen LogP contribution in [0, 0.1) is 0 Å². The second kappa shape index (κ2) is 5.77. The average molecular weight is 306 g/mol. The van der Waals surface area contributed by atoms with Crippen LogP contribution < -0.4 is 5.32 Å². The maximum atomic E-state index is 11.6. The number of anilines is 1. The van der Waals surface area contributed by atoms with Crippen LogP contribution in [-0.2, 0) is 11.3 Å². The van der Waals surface area contributed by atoms with Crippen molar-refractivity contribution in [3.8, 4) is 0 Å². The normalized spacial score (nSPS) is 14.0. The fourth-order valence-electron chi connectivity index (χ4n) is 2.24. The number of hydrogen-bond acceptors (Lipinski definition) is 4. The summed E-state index contributed by atoms with van der Waals surface area (Å²) in [7, 11) is 1.36. The Kier molecular flexibility index (Phi) is 3.84. The van der Waals surface area contributed by atoms with Gasteiger partial charge in [0.25, 0.3) is 0 Å². The number of nitrogens with one attached hydrogen (secondary N) is 1. The van der Waals surface area contributed by atoms with Gasteiger partial charge in [0.1, 0.15) is 0 Å². The predicted octanol–water partition coefficient (Wildman–Crippen LogP) is 3.27. The molecule has 1 aromatic carbocycles. The molecule has 0 saturated heterocycles. The molecule has 1 saturated carbocycles. The van der Waals surface area contributed by atoms with Crippen molar-refractivity contribution < 1.29 is 9.53 Å². The molecule has 0 bridgehead atoms. The lowest BCUT2D eigenvalue weighted by molar-refractivity contribution is 0.0601. The molecule has 0 radical (unpaired) electrons. The Hall–Kier alpha value is -2.01. The van der Waals surface area contributed by atoms with Gasteiger partial charge in [0, 0.05) is 12.2 Å². The molecule has 0 amide bonds. The summed E-state index contributed by atoms with van der Waals surface area (Å²) in [5, 5.41) is 3.83. The summed E-state index contributed by atoms with van der Waals surface area (Å²) in [4.78, 5) is 15.7. The first-order chi connectivity index (χ1) is 10.2. The highest BCUT2D eigenvalue weighted by Crippen LogP contribution is 2.35. The van der Waals surface area contributed by atoms with E-state index in [-0.39, 0.29) is 5.97 Å². The van der Waals surface area contributed by atoms with E-state index in [4.69, 9.17) is 16.3 Å². The molecule has 1 aliphatic rings. The second-order valence-electron chi connectivity index (χ2n) is 5.06. The average Bonchev–Trinajstić information content (AvgIpc) is 3.24. The molecule has 3 rings (SSSR count). The number of benzene rings is 1. The largest absolute Gasteiger partial charge is 0.465 e. The first kappa shape index (κ1) is 13.9. The first-order valence-electron chi connectivity index (χ1n) is 6.81. The van der Waals surface area contributed by atoms with Crippen LogP contribution in [0.4, 0.5) is 5.69 Å². The minimum Gasteiger partial charge on any atom is -0.465 e. The van der Waals surface area contributed by atoms with Crippen molar-refractivity contribution in [2.75, 3.05) is 12.4 Å². The molecule has 6 heteroatoms. The molecule has 1 N–H and O–H groups in total. The van der Waals surface area contributed by atoms with Crippen molar-refractivity contribution in [2.24, 2.45) is 0 Å². The number of aromatic nitrogens is 2. The number of hydrogen-bond donors (Lipinski definition) is 1. The Morgan fingerprint density at radius 2 is 2.33 bits per heavy atom. The Morgan fingerprint density at radius 3 is 3.05 bits per heavy atom. The first-order valence-corrected chi connectivity index (χ1v) is 7.19. The molecule has 0 spiro atoms. The van der Waals surface area contributed by atoms with E-state index >= 15 is 0 Å². The smallest absolute Gasteiger partial charge is 0.337 e. The fourth-order valence-corrected chi connectivity index (χ4v) is 2.43. The fraction of sp³-hybridized carbons (Fsp3) is 0.333. The Bertz CT molecular complexity index is 665. The van der Waals surface area contributed by atoms with E-state index in [1.807, 2.05) is 12.5 Å². The zero-order valence-corrected chi connectivity index (χ0v) is 12.4. The summed E-state index contributed by atoms with van der Waals surface area (Å²) >= 11 is 6.16. The van der Waals surface area contributed by atoms with E-state index in [0.717, 1.165) is 5.69 Å². The summed E-state index contributed by atoms with van der Waals surface area (Å²) < 4.78 is 6.90. The molecule has 1 fully saturated rings. The Labute approximate surface area is 127 Å². The summed E-state index contributed by atoms with van der Waals surface area (Å²) in [5.41, 5.74) is 2.29. The maximum absolute atomic E-state index is 11.6. The van der Waals surface area contributed by atoms with Crippen LogP contribution in [0.15, 0.2) is 30.7 Å². The molecule has 21 heavy (non-hydrogen) atoms. The quantitative estimate of drug-likeness (QED) is 0.861. The standard InChI is InChI=1S/C15H16ClN3O2/c1-21-15(20)10-2-5-13(16)14(6-10)18-8-12-7-17-9-19(12)11-3-4-11/h2,5-7,9,11,18H,3-4,8H2,1H3. The van der Waals surface area contributed by atoms with Crippen LogP contribution >= 0.6 is 11.6 Å². The highest BCUT2D eigenvalue weighted by molar-refractivity contribution is 6.33. The third-order valence-corrected chi connectivity index (χ3v) is 3.86. The van der Waals surface area contributed by atoms with Crippen molar-refractivity contribution in [3.63, 3.8) is 0 Å². The van der Waals surface area contributed by atoms with Gasteiger partial charge in [0.05, 0.1) is 41.9 Å². The molecular formula is C15H16ClN3O2.